The van der Waals surface area contributed by atoms with Crippen LogP contribution in [0.2, 0.25) is 0 Å². The van der Waals surface area contributed by atoms with Gasteiger partial charge >= 0.3 is 12.3 Å². The molecule has 11 nitrogen and oxygen atoms in total. The summed E-state index contributed by atoms with van der Waals surface area (Å²) in [6.07, 6.45) is -2.81. The molecule has 0 bridgehead atoms. The maximum absolute atomic E-state index is 13.5. The van der Waals surface area contributed by atoms with Crippen LogP contribution in [0.3, 0.4) is 0 Å². The Morgan fingerprint density at radius 1 is 1.15 bits per heavy atom. The first-order valence-electron chi connectivity index (χ1n) is 17.6. The van der Waals surface area contributed by atoms with Crippen molar-refractivity contribution in [2.45, 2.75) is 57.9 Å². The number of rotatable bonds is 8. The van der Waals surface area contributed by atoms with Crippen LogP contribution in [0, 0.1) is 18.8 Å². The van der Waals surface area contributed by atoms with Crippen LogP contribution in [0.15, 0.2) is 55.0 Å². The molecule has 53 heavy (non-hydrogen) atoms. The summed E-state index contributed by atoms with van der Waals surface area (Å²) in [5, 5.41) is 7.30. The van der Waals surface area contributed by atoms with Crippen LogP contribution in [-0.4, -0.2) is 58.4 Å². The van der Waals surface area contributed by atoms with Crippen LogP contribution >= 0.6 is 0 Å². The number of benzene rings is 2. The third-order valence-corrected chi connectivity index (χ3v) is 8.23. The maximum atomic E-state index is 13.5. The fraction of sp³-hybridized carbons (Fsp3) is 0.316. The van der Waals surface area contributed by atoms with Crippen molar-refractivity contribution in [3.05, 3.63) is 71.7 Å². The minimum atomic E-state index is -4.75. The third-order valence-electron chi connectivity index (χ3n) is 8.23. The highest BCUT2D eigenvalue weighted by Crippen LogP contribution is 2.45. The largest absolute Gasteiger partial charge is 0.496 e. The highest BCUT2D eigenvalue weighted by atomic mass is 19.4. The monoisotopic (exact) mass is 737 g/mol. The van der Waals surface area contributed by atoms with Gasteiger partial charge in [0.05, 0.1) is 38.9 Å². The summed E-state index contributed by atoms with van der Waals surface area (Å²) in [7, 11) is -1.41. The SMILES string of the molecule is [2H]C([2H])([2H])Oc1cc(-c2c(-c3ccc(NC(=O)C(=C)F)cc3C)n(C)c3c(C#CC4(NC(=O)OC(C)(C)C)CC4)cnc(N)c23)ccc1C(=O)NCC(F)(F)F. The third kappa shape index (κ3) is 8.54. The second-order valence-electron chi connectivity index (χ2n) is 13.5. The second kappa shape index (κ2) is 14.2. The molecule has 3 amide bonds. The van der Waals surface area contributed by atoms with Gasteiger partial charge in [-0.1, -0.05) is 30.6 Å². The van der Waals surface area contributed by atoms with E-state index in [9.17, 15) is 31.9 Å². The van der Waals surface area contributed by atoms with E-state index in [1.165, 1.54) is 24.4 Å². The van der Waals surface area contributed by atoms with Crippen molar-refractivity contribution < 1.29 is 45.5 Å². The number of nitrogens with zero attached hydrogens (tertiary/aromatic N) is 2. The van der Waals surface area contributed by atoms with Crippen LogP contribution in [0.4, 0.5) is 33.9 Å². The van der Waals surface area contributed by atoms with E-state index < -0.39 is 65.9 Å². The number of ether oxygens (including phenoxy) is 2. The van der Waals surface area contributed by atoms with Gasteiger partial charge in [0, 0.05) is 30.1 Å². The average molecular weight is 738 g/mol. The van der Waals surface area contributed by atoms with Gasteiger partial charge in [-0.2, -0.15) is 13.2 Å². The molecule has 5 rings (SSSR count). The van der Waals surface area contributed by atoms with Crippen molar-refractivity contribution in [3.63, 3.8) is 0 Å². The Kier molecular flexibility index (Phi) is 9.11. The molecule has 278 valence electrons. The Labute approximate surface area is 307 Å². The van der Waals surface area contributed by atoms with E-state index in [0.717, 1.165) is 6.07 Å². The molecule has 0 saturated heterocycles. The van der Waals surface area contributed by atoms with Crippen molar-refractivity contribution in [2.24, 2.45) is 7.05 Å². The molecule has 2 aromatic heterocycles. The van der Waals surface area contributed by atoms with Gasteiger partial charge in [0.1, 0.15) is 29.3 Å². The van der Waals surface area contributed by atoms with Gasteiger partial charge in [0.25, 0.3) is 11.8 Å². The number of anilines is 2. The predicted octanol–water partition coefficient (Wildman–Crippen LogP) is 6.93. The van der Waals surface area contributed by atoms with Crippen molar-refractivity contribution in [3.8, 4) is 40.0 Å². The number of hydrogen-bond donors (Lipinski definition) is 4. The first-order chi connectivity index (χ1) is 25.9. The van der Waals surface area contributed by atoms with Crippen molar-refractivity contribution in [1.29, 1.82) is 0 Å². The highest BCUT2D eigenvalue weighted by molar-refractivity contribution is 6.12. The zero-order valence-corrected chi connectivity index (χ0v) is 29.4. The predicted molar refractivity (Wildman–Crippen MR) is 193 cm³/mol. The Hall–Kier alpha value is -6.04. The van der Waals surface area contributed by atoms with Gasteiger partial charge in [-0.05, 0) is 75.9 Å². The molecule has 1 aliphatic rings. The van der Waals surface area contributed by atoms with E-state index in [1.54, 1.807) is 56.8 Å². The molecule has 1 fully saturated rings. The lowest BCUT2D eigenvalue weighted by Gasteiger charge is -2.21. The molecule has 1 saturated carbocycles. The lowest BCUT2D eigenvalue weighted by molar-refractivity contribution is -0.123. The van der Waals surface area contributed by atoms with E-state index in [4.69, 9.17) is 19.3 Å². The second-order valence-corrected chi connectivity index (χ2v) is 13.5. The smallest absolute Gasteiger partial charge is 0.408 e. The molecule has 0 radical (unpaired) electrons. The van der Waals surface area contributed by atoms with Gasteiger partial charge in [-0.25, -0.2) is 14.2 Å². The molecule has 2 aromatic carbocycles. The molecule has 1 aliphatic carbocycles. The summed E-state index contributed by atoms with van der Waals surface area (Å²) in [6.45, 7) is 8.26. The molecule has 0 aliphatic heterocycles. The molecule has 0 unspecified atom stereocenters. The standard InChI is InChI=1S/C38H38F4N6O5/c1-20-16-24(46-33(49)21(2)39)9-11-25(20)31-28(22-8-10-26(27(17-22)52-7)34(50)45-19-38(40,41)42)29-30(48(31)6)23(18-44-32(29)43)12-13-37(14-15-37)47-35(51)53-36(3,4)5/h8-11,16-18H,2,14-15,19H2,1,3-7H3,(H2,43,44)(H,45,50)(H,46,49)(H,47,51)/i7D3. The average Bonchev–Trinajstić information content (AvgIpc) is 3.75. The summed E-state index contributed by atoms with van der Waals surface area (Å²) in [5.41, 5.74) is 7.71. The van der Waals surface area contributed by atoms with Gasteiger partial charge in [-0.3, -0.25) is 9.59 Å². The number of carbonyl (C=O) groups is 3. The molecular weight excluding hydrogens is 696 g/mol. The van der Waals surface area contributed by atoms with Crippen LogP contribution in [0.25, 0.3) is 33.3 Å². The van der Waals surface area contributed by atoms with Gasteiger partial charge < -0.3 is 35.7 Å². The number of alkyl halides is 3. The Morgan fingerprint density at radius 3 is 2.47 bits per heavy atom. The number of nitrogens with one attached hydrogen (secondary N) is 3. The maximum Gasteiger partial charge on any atom is 0.408 e. The summed E-state index contributed by atoms with van der Waals surface area (Å²) in [5.74, 6) is 2.26. The summed E-state index contributed by atoms with van der Waals surface area (Å²) in [6, 6.07) is 8.46. The molecule has 2 heterocycles. The minimum Gasteiger partial charge on any atom is -0.496 e. The number of amides is 3. The molecule has 4 aromatic rings. The first kappa shape index (κ1) is 34.1. The quantitative estimate of drug-likeness (QED) is 0.0871. The number of aromatic nitrogens is 2. The normalized spacial score (nSPS) is 14.5. The van der Waals surface area contributed by atoms with Crippen molar-refractivity contribution >= 4 is 40.3 Å². The lowest BCUT2D eigenvalue weighted by Crippen LogP contribution is -2.39. The van der Waals surface area contributed by atoms with E-state index >= 15 is 0 Å². The molecule has 5 N–H and O–H groups in total. The number of aryl methyl sites for hydroxylation is 2. The van der Waals surface area contributed by atoms with Gasteiger partial charge in [0.15, 0.2) is 5.83 Å². The van der Waals surface area contributed by atoms with Crippen LogP contribution in [0.5, 0.6) is 5.75 Å². The van der Waals surface area contributed by atoms with Crippen LogP contribution < -0.4 is 26.4 Å². The number of carbonyl (C=O) groups excluding carboxylic acids is 3. The zero-order valence-electron chi connectivity index (χ0n) is 32.4. The first-order valence-corrected chi connectivity index (χ1v) is 16.1. The zero-order chi connectivity index (χ0) is 41.5. The summed E-state index contributed by atoms with van der Waals surface area (Å²) >= 11 is 0. The summed E-state index contributed by atoms with van der Waals surface area (Å²) < 4.78 is 87.9. The lowest BCUT2D eigenvalue weighted by atomic mass is 9.94. The van der Waals surface area contributed by atoms with E-state index in [0.29, 0.717) is 51.7 Å². The number of halogens is 4. The molecule has 0 atom stereocenters. The fourth-order valence-corrected chi connectivity index (χ4v) is 5.72. The number of alkyl carbamates (subject to hydrolysis) is 1. The Bertz CT molecular complexity index is 2330. The number of nitrogens with two attached hydrogens (primary N) is 1. The minimum absolute atomic E-state index is 0.0173. The number of nitrogen functional groups attached to an aromatic ring is 1. The van der Waals surface area contributed by atoms with Crippen molar-refractivity contribution in [2.75, 3.05) is 24.6 Å². The molecule has 0 spiro atoms. The van der Waals surface area contributed by atoms with Gasteiger partial charge in [-0.15, -0.1) is 0 Å². The van der Waals surface area contributed by atoms with E-state index in [-0.39, 0.29) is 17.1 Å². The van der Waals surface area contributed by atoms with E-state index in [1.807, 2.05) is 0 Å². The highest BCUT2D eigenvalue weighted by Gasteiger charge is 2.44. The number of methoxy groups -OCH3 is 1. The van der Waals surface area contributed by atoms with Crippen LogP contribution in [0.1, 0.15) is 59.2 Å². The fourth-order valence-electron chi connectivity index (χ4n) is 5.72. The number of pyridine rings is 1. The Balaban J connectivity index is 1.75. The Morgan fingerprint density at radius 2 is 1.87 bits per heavy atom. The van der Waals surface area contributed by atoms with Crippen molar-refractivity contribution in [1.82, 2.24) is 20.2 Å². The molecule has 15 heteroatoms. The van der Waals surface area contributed by atoms with E-state index in [2.05, 4.69) is 34.0 Å². The van der Waals surface area contributed by atoms with Crippen LogP contribution in [-0.2, 0) is 16.6 Å². The number of fused-ring (bicyclic) bond motifs is 1. The van der Waals surface area contributed by atoms with Gasteiger partial charge in [0.2, 0.25) is 0 Å². The topological polar surface area (TPSA) is 150 Å². The molecular formula is C38H38F4N6O5. The number of hydrogen-bond acceptors (Lipinski definition) is 7. The summed E-state index contributed by atoms with van der Waals surface area (Å²) in [4.78, 5) is 42.0.